The Morgan fingerprint density at radius 1 is 0.952 bits per heavy atom. The van der Waals surface area contributed by atoms with Gasteiger partial charge in [0.25, 0.3) is 0 Å². The summed E-state index contributed by atoms with van der Waals surface area (Å²) in [7, 11) is 0. The van der Waals surface area contributed by atoms with Gasteiger partial charge in [-0.1, -0.05) is 61.3 Å². The van der Waals surface area contributed by atoms with Crippen molar-refractivity contribution in [1.29, 1.82) is 0 Å². The zero-order chi connectivity index (χ0) is 15.2. The molecule has 0 aliphatic heterocycles. The molecule has 21 heavy (non-hydrogen) atoms. The van der Waals surface area contributed by atoms with E-state index in [1.807, 2.05) is 6.21 Å². The second kappa shape index (κ2) is 7.63. The van der Waals surface area contributed by atoms with E-state index in [0.717, 1.165) is 11.3 Å². The quantitative estimate of drug-likeness (QED) is 0.547. The smallest absolute Gasteiger partial charge is 0.0659 e. The summed E-state index contributed by atoms with van der Waals surface area (Å²) >= 11 is 11.9. The van der Waals surface area contributed by atoms with E-state index in [-0.39, 0.29) is 0 Å². The van der Waals surface area contributed by atoms with E-state index in [4.69, 9.17) is 23.2 Å². The van der Waals surface area contributed by atoms with Gasteiger partial charge in [0.05, 0.1) is 5.69 Å². The molecule has 0 N–H and O–H groups in total. The number of halogens is 2. The van der Waals surface area contributed by atoms with Gasteiger partial charge in [-0.3, -0.25) is 4.99 Å². The van der Waals surface area contributed by atoms with Crippen LogP contribution >= 0.6 is 23.2 Å². The number of hydrogen-bond donors (Lipinski definition) is 0. The summed E-state index contributed by atoms with van der Waals surface area (Å²) in [5.74, 6) is 0.641. The third kappa shape index (κ3) is 4.59. The van der Waals surface area contributed by atoms with Crippen LogP contribution in [0.25, 0.3) is 0 Å². The summed E-state index contributed by atoms with van der Waals surface area (Å²) in [6.07, 6.45) is 4.18. The van der Waals surface area contributed by atoms with Crippen LogP contribution in [-0.4, -0.2) is 6.21 Å². The van der Waals surface area contributed by atoms with Gasteiger partial charge in [0, 0.05) is 16.3 Å². The molecule has 0 saturated heterocycles. The van der Waals surface area contributed by atoms with Crippen LogP contribution in [0.5, 0.6) is 0 Å². The zero-order valence-electron chi connectivity index (χ0n) is 12.3. The van der Waals surface area contributed by atoms with Crippen LogP contribution in [0.3, 0.4) is 0 Å². The molecule has 1 nitrogen and oxygen atoms in total. The molecule has 0 fully saturated rings. The van der Waals surface area contributed by atoms with Crippen molar-refractivity contribution in [1.82, 2.24) is 0 Å². The Hall–Kier alpha value is -1.31. The Bertz CT molecular complexity index is 593. The van der Waals surface area contributed by atoms with E-state index in [0.29, 0.717) is 16.0 Å². The lowest BCUT2D eigenvalue weighted by atomic mass is 9.93. The van der Waals surface area contributed by atoms with Crippen LogP contribution in [0.1, 0.15) is 43.7 Å². The Kier molecular flexibility index (Phi) is 5.84. The highest BCUT2D eigenvalue weighted by molar-refractivity contribution is 6.35. The molecule has 3 heteroatoms. The van der Waals surface area contributed by atoms with Crippen molar-refractivity contribution < 1.29 is 0 Å². The summed E-state index contributed by atoms with van der Waals surface area (Å²) in [5.41, 5.74) is 3.22. The fourth-order valence-corrected chi connectivity index (χ4v) is 2.89. The van der Waals surface area contributed by atoms with Crippen LogP contribution in [0.15, 0.2) is 47.5 Å². The van der Waals surface area contributed by atoms with Crippen molar-refractivity contribution in [3.63, 3.8) is 0 Å². The first-order valence-corrected chi connectivity index (χ1v) is 7.98. The molecule has 0 aliphatic rings. The lowest BCUT2D eigenvalue weighted by molar-refractivity contribution is 0.642. The molecule has 0 amide bonds. The number of nitrogens with zero attached hydrogens (tertiary/aromatic N) is 1. The first-order chi connectivity index (χ1) is 10.1. The molecule has 2 aromatic carbocycles. The van der Waals surface area contributed by atoms with Crippen LogP contribution in [-0.2, 0) is 0 Å². The molecule has 0 heterocycles. The summed E-state index contributed by atoms with van der Waals surface area (Å²) < 4.78 is 0. The van der Waals surface area contributed by atoms with Gasteiger partial charge in [0.15, 0.2) is 0 Å². The first kappa shape index (κ1) is 16.1. The Labute approximate surface area is 136 Å². The highest BCUT2D eigenvalue weighted by atomic mass is 35.5. The zero-order valence-corrected chi connectivity index (χ0v) is 13.8. The van der Waals surface area contributed by atoms with Gasteiger partial charge in [-0.15, -0.1) is 0 Å². The fourth-order valence-electron chi connectivity index (χ4n) is 2.38. The number of benzene rings is 2. The van der Waals surface area contributed by atoms with Crippen LogP contribution in [0.4, 0.5) is 5.69 Å². The molecule has 2 rings (SSSR count). The average molecular weight is 320 g/mol. The van der Waals surface area contributed by atoms with Crippen molar-refractivity contribution in [2.24, 2.45) is 4.99 Å². The average Bonchev–Trinajstić information content (AvgIpc) is 2.47. The van der Waals surface area contributed by atoms with E-state index in [1.54, 1.807) is 18.2 Å². The minimum atomic E-state index is 0.596. The minimum absolute atomic E-state index is 0.596. The molecule has 0 bridgehead atoms. The third-order valence-electron chi connectivity index (χ3n) is 3.60. The van der Waals surface area contributed by atoms with Crippen molar-refractivity contribution in [3.05, 3.63) is 63.6 Å². The molecule has 0 atom stereocenters. The second-order valence-corrected chi connectivity index (χ2v) is 5.94. The van der Waals surface area contributed by atoms with Crippen LogP contribution < -0.4 is 0 Å². The third-order valence-corrected chi connectivity index (χ3v) is 4.04. The maximum absolute atomic E-state index is 5.96. The summed E-state index contributed by atoms with van der Waals surface area (Å²) in [4.78, 5) is 4.42. The predicted molar refractivity (Wildman–Crippen MR) is 93.5 cm³/mol. The summed E-state index contributed by atoms with van der Waals surface area (Å²) in [6.45, 7) is 4.46. The van der Waals surface area contributed by atoms with Gasteiger partial charge in [0.1, 0.15) is 0 Å². The Morgan fingerprint density at radius 3 is 2.05 bits per heavy atom. The highest BCUT2D eigenvalue weighted by Crippen LogP contribution is 2.25. The number of rotatable bonds is 5. The SMILES string of the molecule is CCC(CC)c1ccc(C=Nc2cc(Cl)cc(Cl)c2)cc1. The normalized spacial score (nSPS) is 11.5. The van der Waals surface area contributed by atoms with Gasteiger partial charge in [0.2, 0.25) is 0 Å². The Morgan fingerprint density at radius 2 is 1.52 bits per heavy atom. The predicted octanol–water partition coefficient (Wildman–Crippen LogP) is 6.65. The van der Waals surface area contributed by atoms with Gasteiger partial charge in [-0.25, -0.2) is 0 Å². The van der Waals surface area contributed by atoms with Gasteiger partial charge >= 0.3 is 0 Å². The van der Waals surface area contributed by atoms with E-state index in [9.17, 15) is 0 Å². The molecule has 0 unspecified atom stereocenters. The Balaban J connectivity index is 2.14. The molecular formula is C18H19Cl2N. The largest absolute Gasteiger partial charge is 0.256 e. The molecule has 0 spiro atoms. The fraction of sp³-hybridized carbons (Fsp3) is 0.278. The molecule has 0 saturated carbocycles. The van der Waals surface area contributed by atoms with Crippen molar-refractivity contribution in [2.75, 3.05) is 0 Å². The van der Waals surface area contributed by atoms with Crippen LogP contribution in [0.2, 0.25) is 10.0 Å². The number of hydrogen-bond acceptors (Lipinski definition) is 1. The second-order valence-electron chi connectivity index (χ2n) is 5.07. The maximum Gasteiger partial charge on any atom is 0.0659 e. The monoisotopic (exact) mass is 319 g/mol. The molecule has 0 aliphatic carbocycles. The highest BCUT2D eigenvalue weighted by Gasteiger charge is 2.05. The van der Waals surface area contributed by atoms with E-state index in [2.05, 4.69) is 43.1 Å². The molecule has 0 radical (unpaired) electrons. The molecule has 2 aromatic rings. The van der Waals surface area contributed by atoms with E-state index in [1.165, 1.54) is 18.4 Å². The standard InChI is InChI=1S/C18H19Cl2N/c1-3-14(4-2)15-7-5-13(6-8-15)12-21-18-10-16(19)9-17(20)11-18/h5-12,14H,3-4H2,1-2H3. The van der Waals surface area contributed by atoms with E-state index < -0.39 is 0 Å². The van der Waals surface area contributed by atoms with E-state index >= 15 is 0 Å². The summed E-state index contributed by atoms with van der Waals surface area (Å²) in [6, 6.07) is 13.9. The van der Waals surface area contributed by atoms with Crippen molar-refractivity contribution in [2.45, 2.75) is 32.6 Å². The van der Waals surface area contributed by atoms with Gasteiger partial charge < -0.3 is 0 Å². The molecule has 0 aromatic heterocycles. The lowest BCUT2D eigenvalue weighted by Gasteiger charge is -2.12. The summed E-state index contributed by atoms with van der Waals surface area (Å²) in [5, 5.41) is 1.19. The van der Waals surface area contributed by atoms with Crippen LogP contribution in [0, 0.1) is 0 Å². The lowest BCUT2D eigenvalue weighted by Crippen LogP contribution is -1.95. The van der Waals surface area contributed by atoms with Gasteiger partial charge in [-0.05, 0) is 48.1 Å². The first-order valence-electron chi connectivity index (χ1n) is 7.22. The number of aliphatic imine (C=N–C) groups is 1. The maximum atomic E-state index is 5.96. The molecule has 110 valence electrons. The van der Waals surface area contributed by atoms with Crippen molar-refractivity contribution >= 4 is 35.1 Å². The topological polar surface area (TPSA) is 12.4 Å². The van der Waals surface area contributed by atoms with Gasteiger partial charge in [-0.2, -0.15) is 0 Å². The minimum Gasteiger partial charge on any atom is -0.256 e. The molecular weight excluding hydrogens is 301 g/mol. The van der Waals surface area contributed by atoms with Crippen molar-refractivity contribution in [3.8, 4) is 0 Å².